The fourth-order valence-corrected chi connectivity index (χ4v) is 3.67. The molecular formula is C17H25Cl2NO. The molecule has 1 atom stereocenters. The van der Waals surface area contributed by atoms with E-state index in [4.69, 9.17) is 27.9 Å². The predicted molar refractivity (Wildman–Crippen MR) is 90.4 cm³/mol. The van der Waals surface area contributed by atoms with E-state index in [0.717, 1.165) is 42.1 Å². The van der Waals surface area contributed by atoms with Gasteiger partial charge in [-0.1, -0.05) is 48.9 Å². The Balaban J connectivity index is 1.98. The second-order valence-corrected chi connectivity index (χ2v) is 6.79. The highest BCUT2D eigenvalue weighted by Gasteiger charge is 2.25. The molecule has 1 aliphatic rings. The summed E-state index contributed by atoms with van der Waals surface area (Å²) in [7, 11) is 1.74. The van der Waals surface area contributed by atoms with Crippen LogP contribution in [0.15, 0.2) is 18.2 Å². The lowest BCUT2D eigenvalue weighted by atomic mass is 9.85. The highest BCUT2D eigenvalue weighted by Crippen LogP contribution is 2.34. The van der Waals surface area contributed by atoms with Crippen LogP contribution >= 0.6 is 23.2 Å². The van der Waals surface area contributed by atoms with Crippen LogP contribution in [0.1, 0.15) is 31.2 Å². The molecule has 1 N–H and O–H groups in total. The van der Waals surface area contributed by atoms with Gasteiger partial charge in [-0.2, -0.15) is 0 Å². The Labute approximate surface area is 138 Å². The molecule has 118 valence electrons. The average Bonchev–Trinajstić information content (AvgIpc) is 3.00. The summed E-state index contributed by atoms with van der Waals surface area (Å²) in [6, 6.07) is 5.78. The Kier molecular flexibility index (Phi) is 7.31. The van der Waals surface area contributed by atoms with Crippen molar-refractivity contribution < 1.29 is 4.74 Å². The maximum Gasteiger partial charge on any atom is 0.0587 e. The van der Waals surface area contributed by atoms with E-state index in [1.165, 1.54) is 31.2 Å². The van der Waals surface area contributed by atoms with Gasteiger partial charge in [0.15, 0.2) is 0 Å². The van der Waals surface area contributed by atoms with E-state index in [0.29, 0.717) is 5.92 Å². The predicted octanol–water partition coefficient (Wildman–Crippen LogP) is 4.58. The second kappa shape index (κ2) is 8.99. The average molecular weight is 330 g/mol. The van der Waals surface area contributed by atoms with Crippen molar-refractivity contribution in [2.24, 2.45) is 11.8 Å². The van der Waals surface area contributed by atoms with E-state index in [1.807, 2.05) is 18.2 Å². The highest BCUT2D eigenvalue weighted by molar-refractivity contribution is 6.33. The van der Waals surface area contributed by atoms with Crippen molar-refractivity contribution in [1.82, 2.24) is 5.32 Å². The zero-order chi connectivity index (χ0) is 15.1. The summed E-state index contributed by atoms with van der Waals surface area (Å²) in [4.78, 5) is 0. The number of halogens is 2. The molecule has 1 fully saturated rings. The molecule has 0 amide bonds. The number of hydrogen-bond donors (Lipinski definition) is 1. The number of benzene rings is 1. The Morgan fingerprint density at radius 1 is 1.29 bits per heavy atom. The third-order valence-corrected chi connectivity index (χ3v) is 5.05. The lowest BCUT2D eigenvalue weighted by molar-refractivity contribution is 0.195. The van der Waals surface area contributed by atoms with Gasteiger partial charge in [-0.3, -0.25) is 0 Å². The molecule has 0 bridgehead atoms. The fraction of sp³-hybridized carbons (Fsp3) is 0.647. The zero-order valence-electron chi connectivity index (χ0n) is 12.7. The Bertz CT molecular complexity index is 433. The third-order valence-electron chi connectivity index (χ3n) is 4.45. The van der Waals surface area contributed by atoms with E-state index in [2.05, 4.69) is 5.32 Å². The molecule has 1 aromatic rings. The van der Waals surface area contributed by atoms with Crippen molar-refractivity contribution in [3.8, 4) is 0 Å². The van der Waals surface area contributed by atoms with Crippen LogP contribution in [0, 0.1) is 11.8 Å². The van der Waals surface area contributed by atoms with Gasteiger partial charge >= 0.3 is 0 Å². The molecule has 21 heavy (non-hydrogen) atoms. The normalized spacial score (nSPS) is 17.3. The van der Waals surface area contributed by atoms with Gasteiger partial charge in [0.05, 0.1) is 6.61 Å². The summed E-state index contributed by atoms with van der Waals surface area (Å²) in [5.74, 6) is 1.43. The van der Waals surface area contributed by atoms with E-state index in [1.54, 1.807) is 7.11 Å². The van der Waals surface area contributed by atoms with Crippen LogP contribution in [0.3, 0.4) is 0 Å². The lowest BCUT2D eigenvalue weighted by Crippen LogP contribution is -2.31. The summed E-state index contributed by atoms with van der Waals surface area (Å²) >= 11 is 12.4. The minimum atomic E-state index is 0.625. The van der Waals surface area contributed by atoms with Crippen LogP contribution in [0.25, 0.3) is 0 Å². The standard InChI is InChI=1S/C17H25Cl2NO/c1-21-9-8-20-12-15(13-4-2-3-5-13)10-14-11-16(18)6-7-17(14)19/h6-7,11,13,15,20H,2-5,8-10,12H2,1H3. The summed E-state index contributed by atoms with van der Waals surface area (Å²) in [6.07, 6.45) is 6.42. The number of methoxy groups -OCH3 is 1. The van der Waals surface area contributed by atoms with Gasteiger partial charge in [0.1, 0.15) is 0 Å². The van der Waals surface area contributed by atoms with Crippen molar-refractivity contribution in [2.45, 2.75) is 32.1 Å². The van der Waals surface area contributed by atoms with Crippen molar-refractivity contribution in [3.05, 3.63) is 33.8 Å². The molecule has 1 aromatic carbocycles. The number of hydrogen-bond acceptors (Lipinski definition) is 2. The first-order valence-electron chi connectivity index (χ1n) is 7.84. The molecular weight excluding hydrogens is 305 g/mol. The minimum absolute atomic E-state index is 0.625. The summed E-state index contributed by atoms with van der Waals surface area (Å²) in [5.41, 5.74) is 1.18. The van der Waals surface area contributed by atoms with Crippen molar-refractivity contribution >= 4 is 23.2 Å². The molecule has 0 saturated heterocycles. The van der Waals surface area contributed by atoms with Crippen LogP contribution in [0.4, 0.5) is 0 Å². The van der Waals surface area contributed by atoms with Crippen LogP contribution < -0.4 is 5.32 Å². The third kappa shape index (κ3) is 5.45. The second-order valence-electron chi connectivity index (χ2n) is 5.94. The molecule has 2 rings (SSSR count). The van der Waals surface area contributed by atoms with Crippen molar-refractivity contribution in [3.63, 3.8) is 0 Å². The van der Waals surface area contributed by atoms with Crippen LogP contribution in [0.2, 0.25) is 10.0 Å². The van der Waals surface area contributed by atoms with Crippen LogP contribution in [0.5, 0.6) is 0 Å². The molecule has 4 heteroatoms. The van der Waals surface area contributed by atoms with Crippen LogP contribution in [-0.2, 0) is 11.2 Å². The SMILES string of the molecule is COCCNCC(Cc1cc(Cl)ccc1Cl)C1CCCC1. The van der Waals surface area contributed by atoms with Gasteiger partial charge in [-0.25, -0.2) is 0 Å². The number of nitrogens with one attached hydrogen (secondary N) is 1. The first-order valence-corrected chi connectivity index (χ1v) is 8.60. The molecule has 0 spiro atoms. The van der Waals surface area contributed by atoms with Gasteiger partial charge in [0, 0.05) is 23.7 Å². The quantitative estimate of drug-likeness (QED) is 0.705. The maximum atomic E-state index is 6.33. The largest absolute Gasteiger partial charge is 0.383 e. The Morgan fingerprint density at radius 3 is 2.76 bits per heavy atom. The molecule has 0 heterocycles. The molecule has 1 unspecified atom stereocenters. The van der Waals surface area contributed by atoms with Gasteiger partial charge < -0.3 is 10.1 Å². The first kappa shape index (κ1) is 17.1. The lowest BCUT2D eigenvalue weighted by Gasteiger charge is -2.24. The van der Waals surface area contributed by atoms with Crippen LogP contribution in [-0.4, -0.2) is 26.8 Å². The monoisotopic (exact) mass is 329 g/mol. The number of ether oxygens (including phenoxy) is 1. The van der Waals surface area contributed by atoms with E-state index >= 15 is 0 Å². The van der Waals surface area contributed by atoms with E-state index in [-0.39, 0.29) is 0 Å². The minimum Gasteiger partial charge on any atom is -0.383 e. The van der Waals surface area contributed by atoms with Crippen molar-refractivity contribution in [1.29, 1.82) is 0 Å². The smallest absolute Gasteiger partial charge is 0.0587 e. The van der Waals surface area contributed by atoms with E-state index in [9.17, 15) is 0 Å². The maximum absolute atomic E-state index is 6.33. The zero-order valence-corrected chi connectivity index (χ0v) is 14.2. The molecule has 0 aromatic heterocycles. The van der Waals surface area contributed by atoms with Crippen molar-refractivity contribution in [2.75, 3.05) is 26.8 Å². The topological polar surface area (TPSA) is 21.3 Å². The molecule has 0 radical (unpaired) electrons. The summed E-state index contributed by atoms with van der Waals surface area (Å²) in [5, 5.41) is 5.12. The summed E-state index contributed by atoms with van der Waals surface area (Å²) in [6.45, 7) is 2.69. The first-order chi connectivity index (χ1) is 10.2. The van der Waals surface area contributed by atoms with Gasteiger partial charge in [0.25, 0.3) is 0 Å². The number of rotatable bonds is 8. The molecule has 1 aliphatic carbocycles. The molecule has 0 aliphatic heterocycles. The van der Waals surface area contributed by atoms with Gasteiger partial charge in [-0.05, 0) is 48.6 Å². The Hall–Kier alpha value is -0.280. The highest BCUT2D eigenvalue weighted by atomic mass is 35.5. The Morgan fingerprint density at radius 2 is 2.05 bits per heavy atom. The summed E-state index contributed by atoms with van der Waals surface area (Å²) < 4.78 is 5.10. The molecule has 1 saturated carbocycles. The fourth-order valence-electron chi connectivity index (χ4n) is 3.28. The van der Waals surface area contributed by atoms with Gasteiger partial charge in [-0.15, -0.1) is 0 Å². The van der Waals surface area contributed by atoms with E-state index < -0.39 is 0 Å². The van der Waals surface area contributed by atoms with Gasteiger partial charge in [0.2, 0.25) is 0 Å². The molecule has 2 nitrogen and oxygen atoms in total.